The Morgan fingerprint density at radius 1 is 0.241 bits per heavy atom. The van der Waals surface area contributed by atoms with Gasteiger partial charge < -0.3 is 0 Å². The van der Waals surface area contributed by atoms with Gasteiger partial charge in [-0.3, -0.25) is 0 Å². The minimum Gasteiger partial charge on any atom is 0 e. The molecule has 0 aliphatic heterocycles. The van der Waals surface area contributed by atoms with Crippen molar-refractivity contribution >= 4 is 62.6 Å². The van der Waals surface area contributed by atoms with Gasteiger partial charge in [-0.25, -0.2) is 0 Å². The third kappa shape index (κ3) is 0.941. The Morgan fingerprint density at radius 3 is 0.310 bits per heavy atom. The number of hydrogen-bond donors (Lipinski definition) is 0. The monoisotopic (exact) mass is 643 g/mol. The van der Waals surface area contributed by atoms with Gasteiger partial charge in [-0.2, -0.15) is 0 Å². The fourth-order valence-corrected chi connectivity index (χ4v) is 5.04. The molecule has 0 aliphatic carbocycles. The summed E-state index contributed by atoms with van der Waals surface area (Å²) in [6, 6.07) is 0. The second-order valence-electron chi connectivity index (χ2n) is 8.28. The molecule has 0 amide bonds. The average Bonchev–Trinajstić information content (AvgIpc) is 2.79. The Labute approximate surface area is 190 Å². The van der Waals surface area contributed by atoms with Crippen molar-refractivity contribution in [2.45, 2.75) is 0 Å². The summed E-state index contributed by atoms with van der Waals surface area (Å²) < 4.78 is -13.9. The predicted molar refractivity (Wildman–Crippen MR) is 81.0 cm³/mol. The third-order valence-corrected chi connectivity index (χ3v) is 24.7. The first-order valence-corrected chi connectivity index (χ1v) is 12.4. The van der Waals surface area contributed by atoms with Crippen molar-refractivity contribution in [1.82, 2.24) is 0 Å². The Morgan fingerprint density at radius 2 is 0.310 bits per heavy atom. The normalized spacial score (nSPS) is 24.0. The average molecular weight is 643 g/mol. The molecule has 0 aromatic rings. The van der Waals surface area contributed by atoms with Crippen molar-refractivity contribution in [3.05, 3.63) is 0 Å². The molecule has 0 aromatic heterocycles. The summed E-state index contributed by atoms with van der Waals surface area (Å²) in [5.41, 5.74) is 0. The Kier molecular flexibility index (Phi) is 3.90. The van der Waals surface area contributed by atoms with E-state index in [9.17, 15) is 57.5 Å². The van der Waals surface area contributed by atoms with E-state index in [1.807, 2.05) is 0 Å². The first kappa shape index (κ1) is 38.2. The van der Waals surface area contributed by atoms with Crippen LogP contribution in [-0.4, -0.2) is 62.6 Å². The maximum absolute atomic E-state index is 13.9. The van der Waals surface area contributed by atoms with Crippen molar-refractivity contribution in [3.63, 3.8) is 0 Å². The molecular formula is C12H12Co5O12. The smallest absolute Gasteiger partial charge is 0 e. The van der Waals surface area contributed by atoms with Crippen LogP contribution in [0.3, 0.4) is 0 Å². The van der Waals surface area contributed by atoms with E-state index in [2.05, 4.69) is 0 Å². The molecule has 29 heavy (non-hydrogen) atoms. The Hall–Kier alpha value is -1.43. The second-order valence-corrected chi connectivity index (χ2v) is 34.1. The zero-order valence-corrected chi connectivity index (χ0v) is 18.7. The molecule has 0 unspecified atom stereocenters. The summed E-state index contributed by atoms with van der Waals surface area (Å²) in [5, 5.41) is -27.1. The topological polar surface area (TPSA) is 205 Å². The van der Waals surface area contributed by atoms with Crippen LogP contribution in [-0.2, 0) is 129 Å². The van der Waals surface area contributed by atoms with Gasteiger partial charge in [0.15, 0.2) is 0 Å². The van der Waals surface area contributed by atoms with Gasteiger partial charge in [0, 0.05) is 67.1 Å². The maximum atomic E-state index is 12.4. The molecule has 17 heteroatoms. The van der Waals surface area contributed by atoms with Crippen molar-refractivity contribution in [2.75, 3.05) is 0 Å². The summed E-state index contributed by atoms with van der Waals surface area (Å²) in [6.07, 6.45) is 0. The largest absolute Gasteiger partial charge is 0 e. The first-order valence-electron chi connectivity index (χ1n) is 5.14. The van der Waals surface area contributed by atoms with Gasteiger partial charge in [0.1, 0.15) is 0 Å². The van der Waals surface area contributed by atoms with Crippen molar-refractivity contribution < 1.29 is 129 Å². The fraction of sp³-hybridized carbons (Fsp3) is 0. The Balaban J connectivity index is -0.000000480. The SMILES string of the molecule is O=[CH][Co]([CH]=O)([CH]=O)([CH]=O)([CH]=O)([CH]=O)([CH]=O)([CH]=O)([CH]=O)([CH]=O)([CH]=O)[CH]=O.[Co].[Co].[Co].[Co]. The molecule has 0 rings (SSSR count). The third-order valence-electron chi connectivity index (χ3n) is 5.99. The molecule has 0 saturated carbocycles. The molecule has 177 valence electrons. The van der Waals surface area contributed by atoms with Gasteiger partial charge in [0.2, 0.25) is 0 Å². The minimum atomic E-state index is -13.9. The van der Waals surface area contributed by atoms with Crippen LogP contribution in [0, 0.1) is 0 Å². The number of rotatable bonds is 12. The molecule has 0 saturated heterocycles. The Bertz CT molecular complexity index is 852. The van der Waals surface area contributed by atoms with Gasteiger partial charge in [0.05, 0.1) is 0 Å². The van der Waals surface area contributed by atoms with E-state index >= 15 is 0 Å². The standard InChI is InChI=1S/12CHO.5Co/c12*1-2;;;;;/h12*1H;;;;;. The van der Waals surface area contributed by atoms with Gasteiger partial charge in [-0.1, -0.05) is 0 Å². The summed E-state index contributed by atoms with van der Waals surface area (Å²) in [4.78, 5) is 149. The second kappa shape index (κ2) is 2.96. The van der Waals surface area contributed by atoms with E-state index in [1.54, 1.807) is 0 Å². The summed E-state index contributed by atoms with van der Waals surface area (Å²) in [7, 11) is 0. The fourth-order valence-electron chi connectivity index (χ4n) is 1.22. The van der Waals surface area contributed by atoms with E-state index in [0.717, 1.165) is 0 Å². The van der Waals surface area contributed by atoms with E-state index in [0.29, 0.717) is 0 Å². The zero-order chi connectivity index (χ0) is 20.8. The molecule has 0 aliphatic rings. The van der Waals surface area contributed by atoms with Crippen LogP contribution in [0.15, 0.2) is 0 Å². The van der Waals surface area contributed by atoms with Crippen LogP contribution < -0.4 is 0 Å². The van der Waals surface area contributed by atoms with Gasteiger partial charge in [0.25, 0.3) is 0 Å². The van der Waals surface area contributed by atoms with Crippen LogP contribution in [0.1, 0.15) is 0 Å². The van der Waals surface area contributed by atoms with Gasteiger partial charge >= 0.3 is 124 Å². The van der Waals surface area contributed by atoms with Crippen LogP contribution in [0.2, 0.25) is 0 Å². The molecule has 4 radical (unpaired) electrons. The molecule has 0 atom stereocenters. The molecule has 0 aromatic carbocycles. The van der Waals surface area contributed by atoms with Crippen LogP contribution >= 0.6 is 0 Å². The van der Waals surface area contributed by atoms with E-state index in [1.165, 1.54) is 0 Å². The molecule has 0 heterocycles. The van der Waals surface area contributed by atoms with Crippen molar-refractivity contribution in [1.29, 1.82) is 0 Å². The molecule has 0 bridgehead atoms. The van der Waals surface area contributed by atoms with Gasteiger partial charge in [-0.05, 0) is 0 Å². The molecule has 0 N–H and O–H groups in total. The summed E-state index contributed by atoms with van der Waals surface area (Å²) >= 11 is 0. The molecule has 12 nitrogen and oxygen atoms in total. The number of carbonyl (C=O) groups is 12. The van der Waals surface area contributed by atoms with Crippen molar-refractivity contribution in [3.8, 4) is 0 Å². The number of hydrogen-bond acceptors (Lipinski definition) is 12. The van der Waals surface area contributed by atoms with Crippen LogP contribution in [0.5, 0.6) is 0 Å². The molecular weight excluding hydrogens is 631 g/mol. The maximum Gasteiger partial charge on any atom is 0 e. The van der Waals surface area contributed by atoms with Crippen LogP contribution in [0.4, 0.5) is 0 Å². The van der Waals surface area contributed by atoms with Crippen molar-refractivity contribution in [2.24, 2.45) is 0 Å². The van der Waals surface area contributed by atoms with E-state index < -0.39 is 66.9 Å². The molecule has 0 fully saturated rings. The zero-order valence-electron chi connectivity index (χ0n) is 13.5. The first-order chi connectivity index (χ1) is 10.9. The number of carbonyl (C=O) groups excluding carboxylic acids is 12. The predicted octanol–water partition coefficient (Wildman–Crippen LogP) is -3.30. The van der Waals surface area contributed by atoms with Gasteiger partial charge in [-0.15, -0.1) is 0 Å². The van der Waals surface area contributed by atoms with Crippen LogP contribution in [0.25, 0.3) is 0 Å². The molecule has 0 spiro atoms. The van der Waals surface area contributed by atoms with E-state index in [-0.39, 0.29) is 67.1 Å². The minimum absolute atomic E-state index is 0. The summed E-state index contributed by atoms with van der Waals surface area (Å²) in [6.45, 7) is 0. The summed E-state index contributed by atoms with van der Waals surface area (Å²) in [5.74, 6) is 0. The van der Waals surface area contributed by atoms with E-state index in [4.69, 9.17) is 0 Å². The quantitative estimate of drug-likeness (QED) is 0.192.